The summed E-state index contributed by atoms with van der Waals surface area (Å²) < 4.78 is 68.9. The zero-order chi connectivity index (χ0) is 32.3. The maximum absolute atomic E-state index is 13.8. The van der Waals surface area contributed by atoms with Gasteiger partial charge in [0.05, 0.1) is 17.1 Å². The normalized spacial score (nSPS) is 21.3. The number of nitrogens with one attached hydrogen (secondary N) is 1. The number of carbonyl (C=O) groups is 2. The number of alkyl halides is 3. The molecule has 4 rings (SSSR count). The van der Waals surface area contributed by atoms with E-state index >= 15 is 0 Å². The summed E-state index contributed by atoms with van der Waals surface area (Å²) in [6, 6.07) is 12.5. The highest BCUT2D eigenvalue weighted by molar-refractivity contribution is 7.90. The molecule has 0 bridgehead atoms. The van der Waals surface area contributed by atoms with E-state index in [0.29, 0.717) is 19.4 Å². The van der Waals surface area contributed by atoms with E-state index in [0.717, 1.165) is 5.56 Å². The second kappa shape index (κ2) is 13.2. The zero-order valence-electron chi connectivity index (χ0n) is 25.2. The Labute approximate surface area is 256 Å². The first-order chi connectivity index (χ1) is 20.5. The van der Waals surface area contributed by atoms with Crippen molar-refractivity contribution in [3.63, 3.8) is 0 Å². The van der Waals surface area contributed by atoms with Crippen LogP contribution >= 0.6 is 0 Å². The number of carbonyl (C=O) groups excluding carboxylic acids is 2. The number of hydrogen-bond acceptors (Lipinski definition) is 6. The molecule has 238 valence electrons. The fourth-order valence-electron chi connectivity index (χ4n) is 5.65. The van der Waals surface area contributed by atoms with Crippen molar-refractivity contribution in [3.8, 4) is 5.75 Å². The first-order valence-electron chi connectivity index (χ1n) is 14.4. The summed E-state index contributed by atoms with van der Waals surface area (Å²) in [5, 5.41) is 0. The number of rotatable bonds is 10. The van der Waals surface area contributed by atoms with Crippen LogP contribution in [-0.2, 0) is 26.0 Å². The topological polar surface area (TPSA) is 96.0 Å². The van der Waals surface area contributed by atoms with Gasteiger partial charge in [0, 0.05) is 18.9 Å². The molecule has 2 amide bonds. The second-order valence-electron chi connectivity index (χ2n) is 12.1. The average molecular weight is 634 g/mol. The van der Waals surface area contributed by atoms with Gasteiger partial charge < -0.3 is 9.64 Å². The predicted molar refractivity (Wildman–Crippen MR) is 160 cm³/mol. The molecule has 0 spiro atoms. The highest BCUT2D eigenvalue weighted by Crippen LogP contribution is 2.36. The van der Waals surface area contributed by atoms with E-state index in [1.165, 1.54) is 42.0 Å². The van der Waals surface area contributed by atoms with Crippen LogP contribution in [0.25, 0.3) is 0 Å². The van der Waals surface area contributed by atoms with E-state index < -0.39 is 28.3 Å². The van der Waals surface area contributed by atoms with Crippen LogP contribution in [0.15, 0.2) is 83.3 Å². The highest BCUT2D eigenvalue weighted by Gasteiger charge is 2.46. The lowest BCUT2D eigenvalue weighted by atomic mass is 9.81. The maximum atomic E-state index is 13.8. The standard InChI is InChI=1S/C32H38F3N3O5S/c1-31(2,3)24-14-12-23(13-15-24)29-37(4)27(18-19-28(39)36-44(41,42)26-8-6-5-7-9-26)30(40)38(29)21-20-22-10-16-25(17-11-22)43-32(33,34)35/h5-12,14-17,23,27,29H,13,18-21H2,1-4H3,(H,36,39)/t23?,27-,29+/m0/s1. The third kappa shape index (κ3) is 8.29. The van der Waals surface area contributed by atoms with Gasteiger partial charge in [-0.1, -0.05) is 69.3 Å². The summed E-state index contributed by atoms with van der Waals surface area (Å²) in [6.45, 7) is 6.69. The SMILES string of the molecule is CN1[C@@H](CCC(=O)NS(=O)(=O)c2ccccc2)C(=O)N(CCc2ccc(OC(F)(F)F)cc2)[C@@H]1C1C=CC(C(C)(C)C)=CC1. The molecule has 0 aromatic heterocycles. The van der Waals surface area contributed by atoms with Crippen molar-refractivity contribution in [1.82, 2.24) is 14.5 Å². The summed E-state index contributed by atoms with van der Waals surface area (Å²) >= 11 is 0. The third-order valence-electron chi connectivity index (χ3n) is 7.92. The van der Waals surface area contributed by atoms with Gasteiger partial charge >= 0.3 is 6.36 Å². The molecule has 1 heterocycles. The number of ether oxygens (including phenoxy) is 1. The van der Waals surface area contributed by atoms with Crippen LogP contribution in [0.1, 0.15) is 45.6 Å². The smallest absolute Gasteiger partial charge is 0.406 e. The molecule has 0 saturated carbocycles. The number of halogens is 3. The summed E-state index contributed by atoms with van der Waals surface area (Å²) in [7, 11) is -2.21. The maximum Gasteiger partial charge on any atom is 0.573 e. The van der Waals surface area contributed by atoms with Crippen molar-refractivity contribution in [1.29, 1.82) is 0 Å². The van der Waals surface area contributed by atoms with Crippen molar-refractivity contribution < 1.29 is 35.9 Å². The lowest BCUT2D eigenvalue weighted by Crippen LogP contribution is -2.45. The summed E-state index contributed by atoms with van der Waals surface area (Å²) in [5.41, 5.74) is 1.90. The number of hydrogen-bond donors (Lipinski definition) is 1. The average Bonchev–Trinajstić information content (AvgIpc) is 3.18. The fourth-order valence-corrected chi connectivity index (χ4v) is 6.69. The third-order valence-corrected chi connectivity index (χ3v) is 9.31. The van der Waals surface area contributed by atoms with Crippen molar-refractivity contribution in [2.75, 3.05) is 13.6 Å². The molecule has 1 fully saturated rings. The lowest BCUT2D eigenvalue weighted by Gasteiger charge is -2.36. The molecule has 1 N–H and O–H groups in total. The van der Waals surface area contributed by atoms with Gasteiger partial charge in [-0.3, -0.25) is 14.5 Å². The molecule has 8 nitrogen and oxygen atoms in total. The molecule has 0 radical (unpaired) electrons. The van der Waals surface area contributed by atoms with Crippen molar-refractivity contribution in [3.05, 3.63) is 84.0 Å². The largest absolute Gasteiger partial charge is 0.573 e. The number of nitrogens with zero attached hydrogens (tertiary/aromatic N) is 2. The van der Waals surface area contributed by atoms with E-state index in [2.05, 4.69) is 48.5 Å². The number of amides is 2. The van der Waals surface area contributed by atoms with Crippen molar-refractivity contribution >= 4 is 21.8 Å². The molecule has 1 unspecified atom stereocenters. The predicted octanol–water partition coefficient (Wildman–Crippen LogP) is 5.43. The first-order valence-corrected chi connectivity index (χ1v) is 15.9. The number of benzene rings is 2. The Morgan fingerprint density at radius 2 is 1.70 bits per heavy atom. The summed E-state index contributed by atoms with van der Waals surface area (Å²) in [4.78, 5) is 30.1. The van der Waals surface area contributed by atoms with Gasteiger partial charge in [0.1, 0.15) is 5.75 Å². The number of allylic oxidation sites excluding steroid dienone is 3. The van der Waals surface area contributed by atoms with Gasteiger partial charge in [0.25, 0.3) is 10.0 Å². The monoisotopic (exact) mass is 633 g/mol. The molecular formula is C32H38F3N3O5S. The van der Waals surface area contributed by atoms with E-state index in [1.807, 2.05) is 11.9 Å². The molecule has 2 aromatic carbocycles. The van der Waals surface area contributed by atoms with E-state index in [-0.39, 0.29) is 46.9 Å². The Kier molecular flexibility index (Phi) is 9.94. The van der Waals surface area contributed by atoms with Crippen LogP contribution in [0.4, 0.5) is 13.2 Å². The minimum Gasteiger partial charge on any atom is -0.406 e. The molecule has 3 atom stereocenters. The molecule has 12 heteroatoms. The molecule has 1 aliphatic heterocycles. The number of likely N-dealkylation sites (N-methyl/N-ethyl adjacent to an activating group) is 1. The van der Waals surface area contributed by atoms with Gasteiger partial charge in [0.15, 0.2) is 0 Å². The van der Waals surface area contributed by atoms with Crippen LogP contribution in [0.5, 0.6) is 5.75 Å². The Hall–Kier alpha value is -3.64. The molecule has 2 aliphatic rings. The van der Waals surface area contributed by atoms with Gasteiger partial charge in [-0.25, -0.2) is 13.1 Å². The first kappa shape index (κ1) is 33.3. The molecular weight excluding hydrogens is 595 g/mol. The minimum atomic E-state index is -4.78. The van der Waals surface area contributed by atoms with Gasteiger partial charge in [-0.05, 0) is 67.1 Å². The van der Waals surface area contributed by atoms with Gasteiger partial charge in [0.2, 0.25) is 11.8 Å². The second-order valence-corrected chi connectivity index (χ2v) is 13.8. The molecule has 2 aromatic rings. The van der Waals surface area contributed by atoms with Crippen molar-refractivity contribution in [2.24, 2.45) is 11.3 Å². The van der Waals surface area contributed by atoms with Crippen molar-refractivity contribution in [2.45, 2.75) is 69.9 Å². The molecule has 1 aliphatic carbocycles. The van der Waals surface area contributed by atoms with Crippen LogP contribution in [0.2, 0.25) is 0 Å². The Morgan fingerprint density at radius 1 is 1.05 bits per heavy atom. The van der Waals surface area contributed by atoms with Gasteiger partial charge in [-0.15, -0.1) is 13.2 Å². The quantitative estimate of drug-likeness (QED) is 0.375. The zero-order valence-corrected chi connectivity index (χ0v) is 26.0. The number of sulfonamides is 1. The highest BCUT2D eigenvalue weighted by atomic mass is 32.2. The van der Waals surface area contributed by atoms with Gasteiger partial charge in [-0.2, -0.15) is 0 Å². The Morgan fingerprint density at radius 3 is 2.27 bits per heavy atom. The van der Waals surface area contributed by atoms with E-state index in [9.17, 15) is 31.2 Å². The lowest BCUT2D eigenvalue weighted by molar-refractivity contribution is -0.274. The van der Waals surface area contributed by atoms with Crippen LogP contribution in [0.3, 0.4) is 0 Å². The fraction of sp³-hybridized carbons (Fsp3) is 0.438. The van der Waals surface area contributed by atoms with E-state index in [1.54, 1.807) is 23.1 Å². The molecule has 44 heavy (non-hydrogen) atoms. The molecule has 1 saturated heterocycles. The van der Waals surface area contributed by atoms with Crippen LogP contribution < -0.4 is 9.46 Å². The van der Waals surface area contributed by atoms with Crippen LogP contribution in [-0.4, -0.2) is 62.2 Å². The van der Waals surface area contributed by atoms with E-state index in [4.69, 9.17) is 0 Å². The Balaban J connectivity index is 1.47. The summed E-state index contributed by atoms with van der Waals surface area (Å²) in [5.74, 6) is -1.25. The Bertz CT molecular complexity index is 1500. The minimum absolute atomic E-state index is 0.0292. The summed E-state index contributed by atoms with van der Waals surface area (Å²) in [6.07, 6.45) is 2.28. The van der Waals surface area contributed by atoms with Crippen LogP contribution in [0, 0.1) is 11.3 Å².